The number of aromatic amines is 1. The van der Waals surface area contributed by atoms with Gasteiger partial charge in [-0.2, -0.15) is 0 Å². The molecule has 0 radical (unpaired) electrons. The fraction of sp³-hybridized carbons (Fsp3) is 0.500. The Bertz CT molecular complexity index is 462. The Morgan fingerprint density at radius 3 is 3.00 bits per heavy atom. The maximum Gasteiger partial charge on any atom is 0.271 e. The predicted octanol–water partition coefficient (Wildman–Crippen LogP) is 0.202. The molecule has 0 aliphatic carbocycles. The number of hydrogen-bond acceptors (Lipinski definition) is 5. The minimum absolute atomic E-state index is 0.0251. The van der Waals surface area contributed by atoms with Gasteiger partial charge in [-0.05, 0) is 0 Å². The highest BCUT2D eigenvalue weighted by molar-refractivity contribution is 6.32. The number of nitrogens with one attached hydrogen (secondary N) is 2. The first-order chi connectivity index (χ1) is 8.56. The molecule has 1 rings (SSSR count). The van der Waals surface area contributed by atoms with Gasteiger partial charge in [0.1, 0.15) is 5.02 Å². The fourth-order valence-corrected chi connectivity index (χ4v) is 1.60. The van der Waals surface area contributed by atoms with E-state index in [4.69, 9.17) is 27.5 Å². The quantitative estimate of drug-likeness (QED) is 0.486. The van der Waals surface area contributed by atoms with Crippen molar-refractivity contribution in [2.75, 3.05) is 31.7 Å². The van der Waals surface area contributed by atoms with Crippen LogP contribution in [0, 0.1) is 5.41 Å². The fourth-order valence-electron chi connectivity index (χ4n) is 1.37. The first-order valence-electron chi connectivity index (χ1n) is 5.36. The van der Waals surface area contributed by atoms with Gasteiger partial charge in [0.15, 0.2) is 5.82 Å². The van der Waals surface area contributed by atoms with E-state index < -0.39 is 5.56 Å². The zero-order valence-electron chi connectivity index (χ0n) is 10.1. The molecule has 0 bridgehead atoms. The minimum atomic E-state index is -0.396. The van der Waals surface area contributed by atoms with E-state index in [9.17, 15) is 4.79 Å². The smallest absolute Gasteiger partial charge is 0.271 e. The van der Waals surface area contributed by atoms with Crippen LogP contribution < -0.4 is 16.2 Å². The van der Waals surface area contributed by atoms with Crippen LogP contribution in [0.3, 0.4) is 0 Å². The van der Waals surface area contributed by atoms with E-state index in [0.29, 0.717) is 31.9 Å². The Morgan fingerprint density at radius 1 is 1.67 bits per heavy atom. The maximum atomic E-state index is 11.4. The summed E-state index contributed by atoms with van der Waals surface area (Å²) in [6.07, 6.45) is 1.66. The highest BCUT2D eigenvalue weighted by atomic mass is 35.5. The van der Waals surface area contributed by atoms with Gasteiger partial charge in [-0.1, -0.05) is 11.6 Å². The summed E-state index contributed by atoms with van der Waals surface area (Å²) in [6, 6.07) is 0. The van der Waals surface area contributed by atoms with E-state index in [-0.39, 0.29) is 10.9 Å². The van der Waals surface area contributed by atoms with Crippen LogP contribution in [0.25, 0.3) is 0 Å². The number of ether oxygens (including phenoxy) is 1. The molecule has 0 aromatic carbocycles. The number of anilines is 1. The van der Waals surface area contributed by atoms with Crippen LogP contribution in [0.2, 0.25) is 5.02 Å². The number of hydrogen-bond donors (Lipinski definition) is 3. The van der Waals surface area contributed by atoms with E-state index in [1.54, 1.807) is 12.0 Å². The first-order valence-corrected chi connectivity index (χ1v) is 5.74. The molecule has 1 aromatic rings. The average Bonchev–Trinajstić information content (AvgIpc) is 2.33. The molecule has 0 saturated carbocycles. The number of nitrogens with two attached hydrogens (primary N) is 1. The van der Waals surface area contributed by atoms with Gasteiger partial charge in [-0.3, -0.25) is 10.2 Å². The number of amidine groups is 1. The summed E-state index contributed by atoms with van der Waals surface area (Å²) < 4.78 is 4.99. The number of methoxy groups -OCH3 is 1. The molecular formula is C10H16ClN5O2. The zero-order valence-corrected chi connectivity index (χ0v) is 10.8. The molecule has 1 heterocycles. The van der Waals surface area contributed by atoms with Crippen LogP contribution in [-0.2, 0) is 4.74 Å². The lowest BCUT2D eigenvalue weighted by Crippen LogP contribution is -2.33. The van der Waals surface area contributed by atoms with Gasteiger partial charge in [-0.15, -0.1) is 0 Å². The van der Waals surface area contributed by atoms with Crippen molar-refractivity contribution in [3.63, 3.8) is 0 Å². The van der Waals surface area contributed by atoms with Crippen molar-refractivity contribution in [1.29, 1.82) is 5.41 Å². The normalized spacial score (nSPS) is 10.3. The lowest BCUT2D eigenvalue weighted by Gasteiger charge is -2.23. The predicted molar refractivity (Wildman–Crippen MR) is 70.5 cm³/mol. The van der Waals surface area contributed by atoms with Crippen molar-refractivity contribution in [3.05, 3.63) is 21.7 Å². The molecule has 1 aromatic heterocycles. The Morgan fingerprint density at radius 2 is 2.39 bits per heavy atom. The third-order valence-electron chi connectivity index (χ3n) is 2.29. The summed E-state index contributed by atoms with van der Waals surface area (Å²) in [4.78, 5) is 19.6. The molecule has 0 spiro atoms. The SMILES string of the molecule is COCCN(CCC(=N)N)c1nc[nH]c(=O)c1Cl. The van der Waals surface area contributed by atoms with Crippen molar-refractivity contribution >= 4 is 23.3 Å². The Hall–Kier alpha value is -1.60. The average molecular weight is 274 g/mol. The molecule has 8 heteroatoms. The summed E-state index contributed by atoms with van der Waals surface area (Å²) in [5.41, 5.74) is 4.92. The van der Waals surface area contributed by atoms with E-state index in [2.05, 4.69) is 9.97 Å². The van der Waals surface area contributed by atoms with Crippen LogP contribution in [-0.4, -0.2) is 42.6 Å². The van der Waals surface area contributed by atoms with E-state index in [1.807, 2.05) is 0 Å². The molecular weight excluding hydrogens is 258 g/mol. The standard InChI is InChI=1S/C10H16ClN5O2/c1-18-5-4-16(3-2-7(12)13)9-8(11)10(17)15-6-14-9/h6H,2-5H2,1H3,(H3,12,13)(H,14,15,17). The molecule has 18 heavy (non-hydrogen) atoms. The third kappa shape index (κ3) is 4.01. The molecule has 0 saturated heterocycles. The number of H-pyrrole nitrogens is 1. The highest BCUT2D eigenvalue weighted by Gasteiger charge is 2.14. The monoisotopic (exact) mass is 273 g/mol. The Balaban J connectivity index is 2.89. The van der Waals surface area contributed by atoms with Crippen molar-refractivity contribution in [3.8, 4) is 0 Å². The molecule has 100 valence electrons. The maximum absolute atomic E-state index is 11.4. The summed E-state index contributed by atoms with van der Waals surface area (Å²) in [5.74, 6) is 0.442. The second-order valence-electron chi connectivity index (χ2n) is 3.62. The summed E-state index contributed by atoms with van der Waals surface area (Å²) in [5, 5.41) is 7.25. The van der Waals surface area contributed by atoms with Crippen molar-refractivity contribution in [2.24, 2.45) is 5.73 Å². The molecule has 4 N–H and O–H groups in total. The van der Waals surface area contributed by atoms with Gasteiger partial charge >= 0.3 is 0 Å². The van der Waals surface area contributed by atoms with Crippen molar-refractivity contribution < 1.29 is 4.74 Å². The van der Waals surface area contributed by atoms with Gasteiger partial charge in [0.05, 0.1) is 18.8 Å². The van der Waals surface area contributed by atoms with Crippen LogP contribution in [0.1, 0.15) is 6.42 Å². The summed E-state index contributed by atoms with van der Waals surface area (Å²) in [6.45, 7) is 1.43. The number of aromatic nitrogens is 2. The van der Waals surface area contributed by atoms with Gasteiger partial charge in [-0.25, -0.2) is 4.98 Å². The highest BCUT2D eigenvalue weighted by Crippen LogP contribution is 2.18. The van der Waals surface area contributed by atoms with Crippen LogP contribution in [0.15, 0.2) is 11.1 Å². The first kappa shape index (κ1) is 14.5. The van der Waals surface area contributed by atoms with Gasteiger partial charge in [0.25, 0.3) is 5.56 Å². The minimum Gasteiger partial charge on any atom is -0.388 e. The molecule has 7 nitrogen and oxygen atoms in total. The molecule has 0 amide bonds. The lowest BCUT2D eigenvalue weighted by molar-refractivity contribution is 0.205. The third-order valence-corrected chi connectivity index (χ3v) is 2.63. The number of nitrogens with zero attached hydrogens (tertiary/aromatic N) is 2. The van der Waals surface area contributed by atoms with E-state index in [1.165, 1.54) is 6.33 Å². The topological polar surface area (TPSA) is 108 Å². The number of halogens is 1. The molecule has 0 unspecified atom stereocenters. The van der Waals surface area contributed by atoms with Crippen molar-refractivity contribution in [1.82, 2.24) is 9.97 Å². The van der Waals surface area contributed by atoms with Gasteiger partial charge < -0.3 is 20.4 Å². The second-order valence-corrected chi connectivity index (χ2v) is 4.00. The lowest BCUT2D eigenvalue weighted by atomic mass is 10.3. The molecule has 0 aliphatic heterocycles. The number of rotatable bonds is 7. The largest absolute Gasteiger partial charge is 0.388 e. The molecule has 0 atom stereocenters. The van der Waals surface area contributed by atoms with Crippen molar-refractivity contribution in [2.45, 2.75) is 6.42 Å². The summed E-state index contributed by atoms with van der Waals surface area (Å²) >= 11 is 5.91. The van der Waals surface area contributed by atoms with E-state index in [0.717, 1.165) is 0 Å². The van der Waals surface area contributed by atoms with Crippen LogP contribution >= 0.6 is 11.6 Å². The zero-order chi connectivity index (χ0) is 13.5. The van der Waals surface area contributed by atoms with Crippen LogP contribution in [0.4, 0.5) is 5.82 Å². The Kier molecular flexibility index (Phi) is 5.60. The molecule has 0 fully saturated rings. The summed E-state index contributed by atoms with van der Waals surface area (Å²) in [7, 11) is 1.58. The van der Waals surface area contributed by atoms with E-state index >= 15 is 0 Å². The van der Waals surface area contributed by atoms with Gasteiger partial charge in [0, 0.05) is 26.6 Å². The second kappa shape index (κ2) is 6.97. The van der Waals surface area contributed by atoms with Crippen LogP contribution in [0.5, 0.6) is 0 Å². The van der Waals surface area contributed by atoms with Gasteiger partial charge in [0.2, 0.25) is 0 Å². The molecule has 0 aliphatic rings. The Labute approximate surface area is 109 Å².